The molecule has 0 saturated carbocycles. The minimum Gasteiger partial charge on any atom is -0.497 e. The molecular formula is C22H30N2O4. The minimum absolute atomic E-state index is 0.0666. The maximum Gasteiger partial charge on any atom is 0.245 e. The van der Waals surface area contributed by atoms with E-state index in [0.717, 1.165) is 38.8 Å². The molecule has 2 amide bonds. The topological polar surface area (TPSA) is 66.9 Å². The Hall–Kier alpha value is -2.37. The Balaban J connectivity index is 1.53. The molecule has 28 heavy (non-hydrogen) atoms. The van der Waals surface area contributed by atoms with Crippen molar-refractivity contribution in [3.8, 4) is 5.75 Å². The van der Waals surface area contributed by atoms with E-state index in [4.69, 9.17) is 4.74 Å². The Bertz CT molecular complexity index is 708. The number of hydrogen-bond acceptors (Lipinski definition) is 4. The smallest absolute Gasteiger partial charge is 0.245 e. The number of rotatable bonds is 6. The lowest BCUT2D eigenvalue weighted by molar-refractivity contribution is -0.144. The monoisotopic (exact) mass is 386 g/mol. The second kappa shape index (κ2) is 9.22. The van der Waals surface area contributed by atoms with Gasteiger partial charge in [0.2, 0.25) is 11.8 Å². The molecule has 2 aliphatic heterocycles. The summed E-state index contributed by atoms with van der Waals surface area (Å²) in [6, 6.07) is 6.56. The van der Waals surface area contributed by atoms with Crippen molar-refractivity contribution in [2.24, 2.45) is 5.92 Å². The molecule has 0 bridgehead atoms. The zero-order valence-corrected chi connectivity index (χ0v) is 16.9. The lowest BCUT2D eigenvalue weighted by atomic mass is 9.98. The number of carbonyl (C=O) groups is 3. The number of ketones is 1. The number of amides is 2. The van der Waals surface area contributed by atoms with Gasteiger partial charge >= 0.3 is 0 Å². The van der Waals surface area contributed by atoms with Gasteiger partial charge in [-0.25, -0.2) is 0 Å². The van der Waals surface area contributed by atoms with Gasteiger partial charge in [-0.2, -0.15) is 0 Å². The maximum atomic E-state index is 12.9. The molecule has 0 radical (unpaired) electrons. The van der Waals surface area contributed by atoms with Crippen LogP contribution in [0.1, 0.15) is 55.8 Å². The van der Waals surface area contributed by atoms with E-state index in [2.05, 4.69) is 6.92 Å². The number of hydrogen-bond donors (Lipinski definition) is 0. The molecule has 1 atom stereocenters. The molecule has 2 fully saturated rings. The van der Waals surface area contributed by atoms with Gasteiger partial charge in [-0.3, -0.25) is 14.4 Å². The maximum absolute atomic E-state index is 12.9. The van der Waals surface area contributed by atoms with Gasteiger partial charge in [-0.1, -0.05) is 6.92 Å². The highest BCUT2D eigenvalue weighted by Gasteiger charge is 2.37. The van der Waals surface area contributed by atoms with Crippen LogP contribution in [0.3, 0.4) is 0 Å². The molecule has 0 aliphatic carbocycles. The molecule has 6 heteroatoms. The Labute approximate surface area is 166 Å². The van der Waals surface area contributed by atoms with Crippen molar-refractivity contribution in [1.29, 1.82) is 0 Å². The normalized spacial score (nSPS) is 20.3. The van der Waals surface area contributed by atoms with Crippen LogP contribution < -0.4 is 4.74 Å². The molecule has 2 saturated heterocycles. The van der Waals surface area contributed by atoms with E-state index >= 15 is 0 Å². The molecular weight excluding hydrogens is 356 g/mol. The average Bonchev–Trinajstić information content (AvgIpc) is 3.22. The van der Waals surface area contributed by atoms with Gasteiger partial charge in [-0.15, -0.1) is 0 Å². The van der Waals surface area contributed by atoms with Gasteiger partial charge in [0.15, 0.2) is 5.78 Å². The predicted octanol–water partition coefficient (Wildman–Crippen LogP) is 2.91. The van der Waals surface area contributed by atoms with Crippen LogP contribution in [0.4, 0.5) is 0 Å². The number of likely N-dealkylation sites (tertiary alicyclic amines) is 2. The molecule has 3 rings (SSSR count). The summed E-state index contributed by atoms with van der Waals surface area (Å²) in [6.45, 7) is 4.40. The first kappa shape index (κ1) is 20.4. The Morgan fingerprint density at radius 3 is 2.32 bits per heavy atom. The van der Waals surface area contributed by atoms with Gasteiger partial charge in [-0.05, 0) is 55.9 Å². The van der Waals surface area contributed by atoms with E-state index in [9.17, 15) is 14.4 Å². The highest BCUT2D eigenvalue weighted by atomic mass is 16.5. The number of piperidine rings is 1. The third-order valence-corrected chi connectivity index (χ3v) is 5.93. The van der Waals surface area contributed by atoms with Crippen molar-refractivity contribution in [3.05, 3.63) is 29.8 Å². The summed E-state index contributed by atoms with van der Waals surface area (Å²) in [6.07, 6.45) is 3.93. The van der Waals surface area contributed by atoms with Crippen molar-refractivity contribution >= 4 is 17.6 Å². The van der Waals surface area contributed by atoms with Crippen LogP contribution in [0.15, 0.2) is 24.3 Å². The molecule has 1 unspecified atom stereocenters. The van der Waals surface area contributed by atoms with E-state index in [-0.39, 0.29) is 36.5 Å². The van der Waals surface area contributed by atoms with Crippen LogP contribution in [0.2, 0.25) is 0 Å². The fourth-order valence-corrected chi connectivity index (χ4v) is 4.05. The first-order chi connectivity index (χ1) is 13.5. The highest BCUT2D eigenvalue weighted by Crippen LogP contribution is 2.24. The van der Waals surface area contributed by atoms with E-state index in [1.807, 2.05) is 4.90 Å². The van der Waals surface area contributed by atoms with E-state index in [0.29, 0.717) is 23.8 Å². The van der Waals surface area contributed by atoms with Crippen molar-refractivity contribution in [2.75, 3.05) is 26.7 Å². The van der Waals surface area contributed by atoms with Crippen molar-refractivity contribution in [3.63, 3.8) is 0 Å². The van der Waals surface area contributed by atoms with Gasteiger partial charge in [0.25, 0.3) is 0 Å². The Morgan fingerprint density at radius 2 is 1.68 bits per heavy atom. The first-order valence-corrected chi connectivity index (χ1v) is 10.2. The minimum atomic E-state index is -0.350. The Morgan fingerprint density at radius 1 is 1.00 bits per heavy atom. The largest absolute Gasteiger partial charge is 0.497 e. The summed E-state index contributed by atoms with van der Waals surface area (Å²) in [5, 5.41) is 0. The summed E-state index contributed by atoms with van der Waals surface area (Å²) in [4.78, 5) is 41.6. The predicted molar refractivity (Wildman–Crippen MR) is 106 cm³/mol. The van der Waals surface area contributed by atoms with Crippen molar-refractivity contribution in [2.45, 2.75) is 51.5 Å². The third-order valence-electron chi connectivity index (χ3n) is 5.93. The quantitative estimate of drug-likeness (QED) is 0.705. The molecule has 0 N–H and O–H groups in total. The summed E-state index contributed by atoms with van der Waals surface area (Å²) in [5.41, 5.74) is 0.574. The summed E-state index contributed by atoms with van der Waals surface area (Å²) in [5.74, 6) is 1.28. The number of Topliss-reactive ketones (excluding diaryl/α,β-unsaturated/α-hetero) is 1. The number of nitrogens with zero attached hydrogens (tertiary/aromatic N) is 2. The second-order valence-corrected chi connectivity index (χ2v) is 7.90. The summed E-state index contributed by atoms with van der Waals surface area (Å²) < 4.78 is 5.10. The third kappa shape index (κ3) is 4.72. The molecule has 2 aliphatic rings. The molecule has 6 nitrogen and oxygen atoms in total. The standard InChI is InChI=1S/C22H30N2O4/c1-16-11-14-23(15-12-16)22(27)19-4-3-13-24(19)21(26)10-9-20(25)17-5-7-18(28-2)8-6-17/h5-8,16,19H,3-4,9-15H2,1-2H3. The van der Waals surface area contributed by atoms with E-state index in [1.54, 1.807) is 36.3 Å². The average molecular weight is 386 g/mol. The van der Waals surface area contributed by atoms with Crippen LogP contribution in [-0.4, -0.2) is 60.2 Å². The van der Waals surface area contributed by atoms with Crippen molar-refractivity contribution < 1.29 is 19.1 Å². The van der Waals surface area contributed by atoms with E-state index < -0.39 is 0 Å². The van der Waals surface area contributed by atoms with Crippen LogP contribution in [0.5, 0.6) is 5.75 Å². The molecule has 2 heterocycles. The molecule has 0 spiro atoms. The zero-order chi connectivity index (χ0) is 20.1. The van der Waals surface area contributed by atoms with Gasteiger partial charge in [0.1, 0.15) is 11.8 Å². The molecule has 0 aromatic heterocycles. The fourth-order valence-electron chi connectivity index (χ4n) is 4.05. The highest BCUT2D eigenvalue weighted by molar-refractivity contribution is 5.98. The lowest BCUT2D eigenvalue weighted by Crippen LogP contribution is -2.49. The molecule has 1 aromatic rings. The number of ether oxygens (including phenoxy) is 1. The van der Waals surface area contributed by atoms with Crippen LogP contribution in [-0.2, 0) is 9.59 Å². The van der Waals surface area contributed by atoms with Crippen molar-refractivity contribution in [1.82, 2.24) is 9.80 Å². The van der Waals surface area contributed by atoms with Gasteiger partial charge in [0, 0.05) is 38.0 Å². The van der Waals surface area contributed by atoms with E-state index in [1.165, 1.54) is 0 Å². The van der Waals surface area contributed by atoms with Crippen LogP contribution in [0, 0.1) is 5.92 Å². The second-order valence-electron chi connectivity index (χ2n) is 7.90. The number of carbonyl (C=O) groups excluding carboxylic acids is 3. The van der Waals surface area contributed by atoms with Gasteiger partial charge in [0.05, 0.1) is 7.11 Å². The SMILES string of the molecule is COc1ccc(C(=O)CCC(=O)N2CCCC2C(=O)N2CCC(C)CC2)cc1. The zero-order valence-electron chi connectivity index (χ0n) is 16.9. The van der Waals surface area contributed by atoms with Gasteiger partial charge < -0.3 is 14.5 Å². The fraction of sp³-hybridized carbons (Fsp3) is 0.591. The Kier molecular flexibility index (Phi) is 6.70. The summed E-state index contributed by atoms with van der Waals surface area (Å²) in [7, 11) is 1.58. The number of benzene rings is 1. The summed E-state index contributed by atoms with van der Waals surface area (Å²) >= 11 is 0. The first-order valence-electron chi connectivity index (χ1n) is 10.2. The van der Waals surface area contributed by atoms with Crippen LogP contribution >= 0.6 is 0 Å². The molecule has 1 aromatic carbocycles. The lowest BCUT2D eigenvalue weighted by Gasteiger charge is -2.34. The molecule has 152 valence electrons. The number of methoxy groups -OCH3 is 1. The van der Waals surface area contributed by atoms with Crippen LogP contribution in [0.25, 0.3) is 0 Å².